The Balaban J connectivity index is 1.90. The summed E-state index contributed by atoms with van der Waals surface area (Å²) in [6.07, 6.45) is 0.105. The smallest absolute Gasteiger partial charge is 0.272 e. The number of rotatable bonds is 5. The molecule has 1 aliphatic heterocycles. The molecule has 0 amide bonds. The summed E-state index contributed by atoms with van der Waals surface area (Å²) in [7, 11) is 0. The van der Waals surface area contributed by atoms with Crippen molar-refractivity contribution in [2.24, 2.45) is 0 Å². The van der Waals surface area contributed by atoms with Crippen LogP contribution in [-0.4, -0.2) is 36.6 Å². The molecule has 1 aliphatic rings. The molecule has 0 radical (unpaired) electrons. The maximum atomic E-state index is 12.0. The molecule has 2 N–H and O–H groups in total. The van der Waals surface area contributed by atoms with Gasteiger partial charge in [0.1, 0.15) is 18.2 Å². The van der Waals surface area contributed by atoms with E-state index >= 15 is 0 Å². The van der Waals surface area contributed by atoms with E-state index in [9.17, 15) is 8.78 Å². The second-order valence-corrected chi connectivity index (χ2v) is 4.47. The van der Waals surface area contributed by atoms with Gasteiger partial charge in [-0.2, -0.15) is 0 Å². The second-order valence-electron chi connectivity index (χ2n) is 4.47. The number of nitrogens with zero attached hydrogens (tertiary/aromatic N) is 1. The van der Waals surface area contributed by atoms with Crippen molar-refractivity contribution >= 4 is 5.82 Å². The van der Waals surface area contributed by atoms with Crippen LogP contribution < -0.4 is 15.4 Å². The average Bonchev–Trinajstić information content (AvgIpc) is 2.73. The first kappa shape index (κ1) is 13.0. The van der Waals surface area contributed by atoms with Crippen molar-refractivity contribution in [3.8, 4) is 5.75 Å². The molecule has 18 heavy (non-hydrogen) atoms. The van der Waals surface area contributed by atoms with Crippen LogP contribution in [0.15, 0.2) is 18.3 Å². The standard InChI is InChI=1S/C12H17F2N3O/c1-8-4-9(6-16-8)17-12-5-10(2-3-15-12)18-7-11(13)14/h2-3,5,8-9,11,16H,4,6-7H2,1H3,(H,15,17)/t8-,9-/m1/s1. The van der Waals surface area contributed by atoms with Gasteiger partial charge in [0, 0.05) is 30.9 Å². The van der Waals surface area contributed by atoms with Gasteiger partial charge in [-0.05, 0) is 19.4 Å². The number of anilines is 1. The van der Waals surface area contributed by atoms with Crippen LogP contribution in [0.4, 0.5) is 14.6 Å². The molecule has 1 aromatic heterocycles. The van der Waals surface area contributed by atoms with E-state index in [4.69, 9.17) is 4.74 Å². The van der Waals surface area contributed by atoms with Gasteiger partial charge in [0.2, 0.25) is 0 Å². The number of alkyl halides is 2. The first-order valence-electron chi connectivity index (χ1n) is 6.00. The summed E-state index contributed by atoms with van der Waals surface area (Å²) in [6, 6.07) is 4.02. The van der Waals surface area contributed by atoms with Gasteiger partial charge in [-0.1, -0.05) is 0 Å². The van der Waals surface area contributed by atoms with Crippen molar-refractivity contribution in [1.29, 1.82) is 0 Å². The lowest BCUT2D eigenvalue weighted by Gasteiger charge is -2.13. The van der Waals surface area contributed by atoms with Gasteiger partial charge in [0.05, 0.1) is 0 Å². The van der Waals surface area contributed by atoms with Gasteiger partial charge in [-0.3, -0.25) is 0 Å². The molecule has 0 bridgehead atoms. The molecule has 1 saturated heterocycles. The molecule has 2 rings (SSSR count). The van der Waals surface area contributed by atoms with Gasteiger partial charge >= 0.3 is 0 Å². The van der Waals surface area contributed by atoms with Crippen molar-refractivity contribution in [3.05, 3.63) is 18.3 Å². The normalized spacial score (nSPS) is 23.3. The van der Waals surface area contributed by atoms with Crippen LogP contribution in [-0.2, 0) is 0 Å². The van der Waals surface area contributed by atoms with Gasteiger partial charge in [-0.15, -0.1) is 0 Å². The summed E-state index contributed by atoms with van der Waals surface area (Å²) < 4.78 is 29.0. The van der Waals surface area contributed by atoms with E-state index in [-0.39, 0.29) is 0 Å². The minimum Gasteiger partial charge on any atom is -0.487 e. The highest BCUT2D eigenvalue weighted by atomic mass is 19.3. The maximum absolute atomic E-state index is 12.0. The van der Waals surface area contributed by atoms with Crippen molar-refractivity contribution in [2.75, 3.05) is 18.5 Å². The third kappa shape index (κ3) is 3.80. The molecule has 6 heteroatoms. The molecule has 0 spiro atoms. The minimum atomic E-state index is -2.46. The quantitative estimate of drug-likeness (QED) is 0.845. The zero-order valence-corrected chi connectivity index (χ0v) is 10.2. The lowest BCUT2D eigenvalue weighted by Crippen LogP contribution is -2.23. The highest BCUT2D eigenvalue weighted by Crippen LogP contribution is 2.18. The van der Waals surface area contributed by atoms with E-state index in [1.165, 1.54) is 0 Å². The first-order chi connectivity index (χ1) is 8.63. The van der Waals surface area contributed by atoms with E-state index in [0.29, 0.717) is 23.7 Å². The van der Waals surface area contributed by atoms with Crippen LogP contribution in [0.3, 0.4) is 0 Å². The van der Waals surface area contributed by atoms with Crippen LogP contribution in [0.25, 0.3) is 0 Å². The van der Waals surface area contributed by atoms with Crippen molar-refractivity contribution < 1.29 is 13.5 Å². The minimum absolute atomic E-state index is 0.317. The zero-order chi connectivity index (χ0) is 13.0. The van der Waals surface area contributed by atoms with Crippen molar-refractivity contribution in [2.45, 2.75) is 31.9 Å². The van der Waals surface area contributed by atoms with Crippen LogP contribution >= 0.6 is 0 Å². The van der Waals surface area contributed by atoms with Crippen LogP contribution in [0.5, 0.6) is 5.75 Å². The summed E-state index contributed by atoms with van der Waals surface area (Å²) in [6.45, 7) is 2.41. The van der Waals surface area contributed by atoms with E-state index in [1.807, 2.05) is 0 Å². The van der Waals surface area contributed by atoms with Gasteiger partial charge in [0.15, 0.2) is 0 Å². The fraction of sp³-hybridized carbons (Fsp3) is 0.583. The zero-order valence-electron chi connectivity index (χ0n) is 10.2. The van der Waals surface area contributed by atoms with Crippen LogP contribution in [0.2, 0.25) is 0 Å². The number of hydrogen-bond acceptors (Lipinski definition) is 4. The van der Waals surface area contributed by atoms with Gasteiger partial charge in [-0.25, -0.2) is 13.8 Å². The molecule has 0 aromatic carbocycles. The summed E-state index contributed by atoms with van der Waals surface area (Å²) in [5.74, 6) is 1.06. The summed E-state index contributed by atoms with van der Waals surface area (Å²) in [4.78, 5) is 4.15. The summed E-state index contributed by atoms with van der Waals surface area (Å²) in [5, 5.41) is 6.58. The van der Waals surface area contributed by atoms with Crippen LogP contribution in [0.1, 0.15) is 13.3 Å². The fourth-order valence-electron chi connectivity index (χ4n) is 2.00. The maximum Gasteiger partial charge on any atom is 0.272 e. The number of nitrogens with one attached hydrogen (secondary N) is 2. The Labute approximate surface area is 105 Å². The molecular formula is C12H17F2N3O. The Morgan fingerprint density at radius 3 is 3.11 bits per heavy atom. The van der Waals surface area contributed by atoms with Crippen molar-refractivity contribution in [3.63, 3.8) is 0 Å². The number of hydrogen-bond donors (Lipinski definition) is 2. The van der Waals surface area contributed by atoms with Gasteiger partial charge < -0.3 is 15.4 Å². The molecule has 2 atom stereocenters. The Bertz CT molecular complexity index is 389. The predicted molar refractivity (Wildman–Crippen MR) is 65.2 cm³/mol. The topological polar surface area (TPSA) is 46.2 Å². The third-order valence-corrected chi connectivity index (χ3v) is 2.81. The highest BCUT2D eigenvalue weighted by Gasteiger charge is 2.20. The van der Waals surface area contributed by atoms with E-state index in [2.05, 4.69) is 22.5 Å². The van der Waals surface area contributed by atoms with Crippen molar-refractivity contribution in [1.82, 2.24) is 10.3 Å². The Morgan fingerprint density at radius 1 is 1.61 bits per heavy atom. The molecule has 0 unspecified atom stereocenters. The van der Waals surface area contributed by atoms with E-state index in [1.54, 1.807) is 18.3 Å². The molecule has 0 saturated carbocycles. The molecule has 1 aromatic rings. The molecule has 100 valence electrons. The highest BCUT2D eigenvalue weighted by molar-refractivity contribution is 5.41. The Kier molecular flexibility index (Phi) is 4.30. The summed E-state index contributed by atoms with van der Waals surface area (Å²) in [5.41, 5.74) is 0. The lowest BCUT2D eigenvalue weighted by atomic mass is 10.2. The molecule has 0 aliphatic carbocycles. The third-order valence-electron chi connectivity index (χ3n) is 2.81. The Hall–Kier alpha value is -1.43. The summed E-state index contributed by atoms with van der Waals surface area (Å²) >= 11 is 0. The number of aromatic nitrogens is 1. The lowest BCUT2D eigenvalue weighted by molar-refractivity contribution is 0.0819. The predicted octanol–water partition coefficient (Wildman–Crippen LogP) is 1.89. The fourth-order valence-corrected chi connectivity index (χ4v) is 2.00. The molecule has 1 fully saturated rings. The number of pyridine rings is 1. The molecule has 2 heterocycles. The monoisotopic (exact) mass is 257 g/mol. The Morgan fingerprint density at radius 2 is 2.44 bits per heavy atom. The second kappa shape index (κ2) is 5.95. The van der Waals surface area contributed by atoms with E-state index < -0.39 is 13.0 Å². The van der Waals surface area contributed by atoms with E-state index in [0.717, 1.165) is 13.0 Å². The average molecular weight is 257 g/mol. The SMILES string of the molecule is C[C@@H]1C[C@@H](Nc2cc(OCC(F)F)ccn2)CN1. The molecule has 4 nitrogen and oxygen atoms in total. The number of halogens is 2. The number of ether oxygens (including phenoxy) is 1. The van der Waals surface area contributed by atoms with Crippen LogP contribution in [0, 0.1) is 0 Å². The largest absolute Gasteiger partial charge is 0.487 e. The van der Waals surface area contributed by atoms with Gasteiger partial charge in [0.25, 0.3) is 6.43 Å². The first-order valence-corrected chi connectivity index (χ1v) is 6.00. The molecular weight excluding hydrogens is 240 g/mol.